The molecule has 0 saturated carbocycles. The van der Waals surface area contributed by atoms with E-state index in [1.165, 1.54) is 0 Å². The molecule has 96 valence electrons. The highest BCUT2D eigenvalue weighted by Crippen LogP contribution is 2.08. The molecule has 3 aromatic rings. The number of hydrogen-bond acceptors (Lipinski definition) is 3. The van der Waals surface area contributed by atoms with Crippen LogP contribution in [0.25, 0.3) is 5.78 Å². The molecule has 5 heteroatoms. The number of nitrogens with two attached hydrogens (primary N) is 1. The summed E-state index contributed by atoms with van der Waals surface area (Å²) in [7, 11) is 0. The third kappa shape index (κ3) is 2.14. The van der Waals surface area contributed by atoms with E-state index in [-0.39, 0.29) is 0 Å². The van der Waals surface area contributed by atoms with Crippen LogP contribution in [-0.2, 0) is 6.54 Å². The maximum absolute atomic E-state index is 5.93. The molecule has 0 aliphatic heterocycles. The highest BCUT2D eigenvalue weighted by atomic mass is 15.1. The largest absolute Gasteiger partial charge is 0.288 e. The fraction of sp³-hybridized carbons (Fsp3) is 0.214. The molecule has 0 bridgehead atoms. The first kappa shape index (κ1) is 11.6. The minimum Gasteiger partial charge on any atom is -0.288 e. The van der Waals surface area contributed by atoms with Crippen LogP contribution in [0.2, 0.25) is 0 Å². The molecule has 0 aliphatic carbocycles. The van der Waals surface area contributed by atoms with E-state index in [9.17, 15) is 0 Å². The molecule has 3 heterocycles. The van der Waals surface area contributed by atoms with Gasteiger partial charge in [-0.05, 0) is 26.0 Å². The number of nitrogen functional groups attached to an aromatic ring is 1. The molecule has 5 nitrogen and oxygen atoms in total. The molecule has 3 aromatic heterocycles. The van der Waals surface area contributed by atoms with E-state index < -0.39 is 0 Å². The lowest BCUT2D eigenvalue weighted by Gasteiger charge is -1.99. The highest BCUT2D eigenvalue weighted by molar-refractivity contribution is 5.34. The molecule has 0 atom stereocenters. The third-order valence-corrected chi connectivity index (χ3v) is 3.12. The number of rotatable bonds is 2. The van der Waals surface area contributed by atoms with Gasteiger partial charge in [0, 0.05) is 23.7 Å². The first-order valence-electron chi connectivity index (χ1n) is 6.19. The van der Waals surface area contributed by atoms with Crippen LogP contribution in [0.1, 0.15) is 17.1 Å². The Morgan fingerprint density at radius 3 is 2.89 bits per heavy atom. The quantitative estimate of drug-likeness (QED) is 0.700. The fourth-order valence-electron chi connectivity index (χ4n) is 2.20. The van der Waals surface area contributed by atoms with Crippen molar-refractivity contribution in [2.75, 3.05) is 5.73 Å². The van der Waals surface area contributed by atoms with E-state index >= 15 is 0 Å². The third-order valence-electron chi connectivity index (χ3n) is 3.12. The van der Waals surface area contributed by atoms with Crippen molar-refractivity contribution in [3.63, 3.8) is 0 Å². The zero-order chi connectivity index (χ0) is 13.4. The van der Waals surface area contributed by atoms with E-state index in [1.807, 2.05) is 52.6 Å². The molecular weight excluding hydrogens is 238 g/mol. The van der Waals surface area contributed by atoms with Gasteiger partial charge in [-0.2, -0.15) is 0 Å². The van der Waals surface area contributed by atoms with Crippen molar-refractivity contribution in [2.24, 2.45) is 0 Å². The van der Waals surface area contributed by atoms with Gasteiger partial charge in [-0.15, -0.1) is 0 Å². The molecule has 0 spiro atoms. The number of pyridine rings is 1. The Morgan fingerprint density at radius 1 is 1.26 bits per heavy atom. The summed E-state index contributed by atoms with van der Waals surface area (Å²) in [5, 5.41) is 0. The fourth-order valence-corrected chi connectivity index (χ4v) is 2.20. The highest BCUT2D eigenvalue weighted by Gasteiger charge is 2.09. The molecule has 0 aliphatic rings. The van der Waals surface area contributed by atoms with E-state index in [1.54, 1.807) is 0 Å². The topological polar surface area (TPSA) is 60.1 Å². The summed E-state index contributed by atoms with van der Waals surface area (Å²) >= 11 is 0. The Hall–Kier alpha value is -2.43. The second kappa shape index (κ2) is 4.35. The number of aromatic nitrogens is 4. The Bertz CT molecular complexity index is 745. The van der Waals surface area contributed by atoms with E-state index in [2.05, 4.69) is 16.9 Å². The van der Waals surface area contributed by atoms with Crippen LogP contribution < -0.4 is 10.3 Å². The maximum atomic E-state index is 5.93. The van der Waals surface area contributed by atoms with Gasteiger partial charge in [0.15, 0.2) is 0 Å². The molecule has 0 unspecified atom stereocenters. The van der Waals surface area contributed by atoms with Crippen molar-refractivity contribution < 1.29 is 4.57 Å². The monoisotopic (exact) mass is 254 g/mol. The molecule has 0 saturated heterocycles. The van der Waals surface area contributed by atoms with Gasteiger partial charge in [-0.25, -0.2) is 14.5 Å². The van der Waals surface area contributed by atoms with Crippen molar-refractivity contribution in [3.05, 3.63) is 53.7 Å². The number of imidazole rings is 1. The van der Waals surface area contributed by atoms with Gasteiger partial charge in [-0.1, -0.05) is 6.07 Å². The summed E-state index contributed by atoms with van der Waals surface area (Å²) < 4.78 is 3.96. The molecule has 0 amide bonds. The first-order chi connectivity index (χ1) is 9.13. The van der Waals surface area contributed by atoms with Gasteiger partial charge < -0.3 is 0 Å². The van der Waals surface area contributed by atoms with Crippen molar-refractivity contribution in [1.82, 2.24) is 14.4 Å². The summed E-state index contributed by atoms with van der Waals surface area (Å²) in [4.78, 5) is 8.98. The lowest BCUT2D eigenvalue weighted by atomic mass is 10.3. The Labute approximate surface area is 111 Å². The second-order valence-corrected chi connectivity index (χ2v) is 4.69. The molecule has 0 radical (unpaired) electrons. The van der Waals surface area contributed by atoms with Crippen LogP contribution in [0.5, 0.6) is 0 Å². The van der Waals surface area contributed by atoms with Crippen LogP contribution in [0.3, 0.4) is 0 Å². The number of aryl methyl sites for hydroxylation is 2. The summed E-state index contributed by atoms with van der Waals surface area (Å²) in [6, 6.07) is 7.80. The minimum absolute atomic E-state index is 0.647. The van der Waals surface area contributed by atoms with E-state index in [4.69, 9.17) is 5.73 Å². The van der Waals surface area contributed by atoms with Crippen LogP contribution in [0, 0.1) is 13.8 Å². The average Bonchev–Trinajstić information content (AvgIpc) is 2.75. The van der Waals surface area contributed by atoms with Gasteiger partial charge >= 0.3 is 0 Å². The Balaban J connectivity index is 2.03. The average molecular weight is 254 g/mol. The van der Waals surface area contributed by atoms with Crippen LogP contribution in [-0.4, -0.2) is 14.4 Å². The van der Waals surface area contributed by atoms with Gasteiger partial charge in [0.2, 0.25) is 5.78 Å². The Morgan fingerprint density at radius 2 is 2.11 bits per heavy atom. The van der Waals surface area contributed by atoms with Gasteiger partial charge in [0.1, 0.15) is 12.2 Å². The molecule has 19 heavy (non-hydrogen) atoms. The predicted octanol–water partition coefficient (Wildman–Crippen LogP) is 1.26. The van der Waals surface area contributed by atoms with Gasteiger partial charge in [0.05, 0.1) is 6.20 Å². The number of anilines is 1. The minimum atomic E-state index is 0.647. The summed E-state index contributed by atoms with van der Waals surface area (Å²) in [6.07, 6.45) is 3.96. The normalized spacial score (nSPS) is 11.1. The SMILES string of the molecule is Cc1cc(C)n2cc(C[n+]3ccccc3N)nc2n1. The molecule has 3 rings (SSSR count). The molecule has 2 N–H and O–H groups in total. The number of nitrogens with zero attached hydrogens (tertiary/aromatic N) is 4. The standard InChI is InChI=1S/C14H15N5/c1-10-7-11(2)19-9-12(17-14(19)16-10)8-18-6-4-3-5-13(18)15/h3-7,9,15H,8H2,1-2H3/p+1. The number of hydrogen-bond donors (Lipinski definition) is 1. The lowest BCUT2D eigenvalue weighted by Crippen LogP contribution is -2.37. The maximum Gasteiger partial charge on any atom is 0.272 e. The summed E-state index contributed by atoms with van der Waals surface area (Å²) in [6.45, 7) is 4.68. The second-order valence-electron chi connectivity index (χ2n) is 4.69. The molecule has 0 fully saturated rings. The van der Waals surface area contributed by atoms with Gasteiger partial charge in [0.25, 0.3) is 5.82 Å². The zero-order valence-corrected chi connectivity index (χ0v) is 11.0. The van der Waals surface area contributed by atoms with Crippen LogP contribution in [0.15, 0.2) is 36.7 Å². The van der Waals surface area contributed by atoms with E-state index in [0.29, 0.717) is 6.54 Å². The molecule has 0 aromatic carbocycles. The zero-order valence-electron chi connectivity index (χ0n) is 11.0. The van der Waals surface area contributed by atoms with Crippen LogP contribution >= 0.6 is 0 Å². The molecular formula is C14H16N5+. The predicted molar refractivity (Wildman–Crippen MR) is 72.6 cm³/mol. The smallest absolute Gasteiger partial charge is 0.272 e. The van der Waals surface area contributed by atoms with Crippen molar-refractivity contribution in [1.29, 1.82) is 0 Å². The van der Waals surface area contributed by atoms with Crippen molar-refractivity contribution in [3.8, 4) is 0 Å². The van der Waals surface area contributed by atoms with Crippen LogP contribution in [0.4, 0.5) is 5.82 Å². The van der Waals surface area contributed by atoms with Crippen molar-refractivity contribution in [2.45, 2.75) is 20.4 Å². The summed E-state index contributed by atoms with van der Waals surface area (Å²) in [5.41, 5.74) is 8.99. The van der Waals surface area contributed by atoms with E-state index in [0.717, 1.165) is 28.7 Å². The Kier molecular flexibility index (Phi) is 2.67. The summed E-state index contributed by atoms with van der Waals surface area (Å²) in [5.74, 6) is 1.46. The first-order valence-corrected chi connectivity index (χ1v) is 6.19. The lowest BCUT2D eigenvalue weighted by molar-refractivity contribution is -0.674. The van der Waals surface area contributed by atoms with Crippen molar-refractivity contribution >= 4 is 11.6 Å². The van der Waals surface area contributed by atoms with Gasteiger partial charge in [-0.3, -0.25) is 10.1 Å². The number of fused-ring (bicyclic) bond motifs is 1.